The van der Waals surface area contributed by atoms with Crippen molar-refractivity contribution in [1.29, 1.82) is 0 Å². The maximum absolute atomic E-state index is 12.2. The van der Waals surface area contributed by atoms with Gasteiger partial charge in [-0.3, -0.25) is 4.79 Å². The summed E-state index contributed by atoms with van der Waals surface area (Å²) in [5.41, 5.74) is 2.35. The molecule has 0 aliphatic carbocycles. The first-order chi connectivity index (χ1) is 11.2. The first kappa shape index (κ1) is 18.7. The van der Waals surface area contributed by atoms with Crippen LogP contribution in [0.5, 0.6) is 0 Å². The smallest absolute Gasteiger partial charge is 0.239 e. The van der Waals surface area contributed by atoms with Gasteiger partial charge in [0.2, 0.25) is 5.91 Å². The number of hydrogen-bond acceptors (Lipinski definition) is 3. The zero-order chi connectivity index (χ0) is 17.7. The molecule has 6 heteroatoms. The van der Waals surface area contributed by atoms with Crippen molar-refractivity contribution in [3.05, 3.63) is 64.1 Å². The van der Waals surface area contributed by atoms with Gasteiger partial charge >= 0.3 is 0 Å². The molecule has 0 spiro atoms. The van der Waals surface area contributed by atoms with Crippen molar-refractivity contribution in [3.63, 3.8) is 0 Å². The molecule has 1 N–H and O–H groups in total. The van der Waals surface area contributed by atoms with Gasteiger partial charge in [0.05, 0.1) is 5.75 Å². The van der Waals surface area contributed by atoms with Crippen molar-refractivity contribution in [1.82, 2.24) is 0 Å². The molecule has 0 atom stereocenters. The number of benzene rings is 2. The molecule has 0 bridgehead atoms. The van der Waals surface area contributed by atoms with Gasteiger partial charge in [-0.05, 0) is 41.3 Å². The highest BCUT2D eigenvalue weighted by atomic mass is 79.9. The molecule has 2 aromatic carbocycles. The van der Waals surface area contributed by atoms with Gasteiger partial charge in [-0.2, -0.15) is 0 Å². The number of nitrogens with one attached hydrogen (secondary N) is 1. The fourth-order valence-corrected chi connectivity index (χ4v) is 4.01. The number of halogens is 1. The standard InChI is InChI=1S/C18H20BrNO3S/c1-13(2)15-6-4-8-17(10-15)20-18(21)12-24(22,23)11-14-5-3-7-16(19)9-14/h3-10,13H,11-12H2,1-2H3,(H,20,21). The van der Waals surface area contributed by atoms with Gasteiger partial charge in [-0.25, -0.2) is 8.42 Å². The fourth-order valence-electron chi connectivity index (χ4n) is 2.30. The summed E-state index contributed by atoms with van der Waals surface area (Å²) in [5.74, 6) is -0.884. The summed E-state index contributed by atoms with van der Waals surface area (Å²) in [5, 5.41) is 2.66. The van der Waals surface area contributed by atoms with Gasteiger partial charge in [-0.1, -0.05) is 54.0 Å². The van der Waals surface area contributed by atoms with Crippen LogP contribution in [0, 0.1) is 0 Å². The molecule has 0 aromatic heterocycles. The Morgan fingerprint density at radius 1 is 1.12 bits per heavy atom. The van der Waals surface area contributed by atoms with Gasteiger partial charge in [0.25, 0.3) is 0 Å². The molecule has 0 saturated heterocycles. The van der Waals surface area contributed by atoms with Crippen molar-refractivity contribution < 1.29 is 13.2 Å². The maximum Gasteiger partial charge on any atom is 0.239 e. The zero-order valence-electron chi connectivity index (χ0n) is 13.6. The Labute approximate surface area is 151 Å². The van der Waals surface area contributed by atoms with Crippen LogP contribution in [-0.2, 0) is 20.4 Å². The number of hydrogen-bond donors (Lipinski definition) is 1. The molecule has 0 fully saturated rings. The molecule has 0 unspecified atom stereocenters. The number of amides is 1. The molecule has 0 saturated carbocycles. The molecule has 0 aliphatic rings. The largest absolute Gasteiger partial charge is 0.325 e. The highest BCUT2D eigenvalue weighted by molar-refractivity contribution is 9.10. The SMILES string of the molecule is CC(C)c1cccc(NC(=O)CS(=O)(=O)Cc2cccc(Br)c2)c1. The van der Waals surface area contributed by atoms with Crippen LogP contribution in [0.3, 0.4) is 0 Å². The average Bonchev–Trinajstić information content (AvgIpc) is 2.46. The molecule has 1 amide bonds. The van der Waals surface area contributed by atoms with E-state index in [9.17, 15) is 13.2 Å². The number of carbonyl (C=O) groups excluding carboxylic acids is 1. The van der Waals surface area contributed by atoms with E-state index >= 15 is 0 Å². The lowest BCUT2D eigenvalue weighted by Gasteiger charge is -2.10. The van der Waals surface area contributed by atoms with Gasteiger partial charge in [-0.15, -0.1) is 0 Å². The van der Waals surface area contributed by atoms with Crippen LogP contribution in [0.25, 0.3) is 0 Å². The number of carbonyl (C=O) groups is 1. The molecule has 0 heterocycles. The summed E-state index contributed by atoms with van der Waals surface area (Å²) in [6, 6.07) is 14.5. The number of sulfone groups is 1. The van der Waals surface area contributed by atoms with E-state index in [0.29, 0.717) is 17.2 Å². The Kier molecular flexibility index (Phi) is 6.18. The Bertz CT molecular complexity index is 832. The van der Waals surface area contributed by atoms with Crippen LogP contribution in [0.1, 0.15) is 30.9 Å². The monoisotopic (exact) mass is 409 g/mol. The Balaban J connectivity index is 2.02. The molecule has 4 nitrogen and oxygen atoms in total. The van der Waals surface area contributed by atoms with E-state index in [1.165, 1.54) is 0 Å². The van der Waals surface area contributed by atoms with Crippen LogP contribution < -0.4 is 5.32 Å². The fraction of sp³-hybridized carbons (Fsp3) is 0.278. The van der Waals surface area contributed by atoms with Crippen LogP contribution >= 0.6 is 15.9 Å². The number of rotatable bonds is 6. The van der Waals surface area contributed by atoms with Crippen molar-refractivity contribution in [2.75, 3.05) is 11.1 Å². The summed E-state index contributed by atoms with van der Waals surface area (Å²) in [6.45, 7) is 4.12. The topological polar surface area (TPSA) is 63.2 Å². The second-order valence-corrected chi connectivity index (χ2v) is 8.97. The summed E-state index contributed by atoms with van der Waals surface area (Å²) in [4.78, 5) is 12.1. The van der Waals surface area contributed by atoms with Gasteiger partial charge in [0.1, 0.15) is 5.75 Å². The first-order valence-electron chi connectivity index (χ1n) is 7.60. The van der Waals surface area contributed by atoms with Gasteiger partial charge in [0, 0.05) is 10.2 Å². The summed E-state index contributed by atoms with van der Waals surface area (Å²) in [6.07, 6.45) is 0. The van der Waals surface area contributed by atoms with Gasteiger partial charge < -0.3 is 5.32 Å². The van der Waals surface area contributed by atoms with Crippen molar-refractivity contribution >= 4 is 37.4 Å². The third kappa shape index (κ3) is 5.76. The molecule has 0 radical (unpaired) electrons. The lowest BCUT2D eigenvalue weighted by atomic mass is 10.0. The molecule has 2 aromatic rings. The molecule has 2 rings (SSSR count). The van der Waals surface area contributed by atoms with E-state index in [-0.39, 0.29) is 5.75 Å². The van der Waals surface area contributed by atoms with Crippen LogP contribution in [-0.4, -0.2) is 20.1 Å². The second-order valence-electron chi connectivity index (χ2n) is 5.99. The van der Waals surface area contributed by atoms with Gasteiger partial charge in [0.15, 0.2) is 9.84 Å². The molecule has 24 heavy (non-hydrogen) atoms. The molecular weight excluding hydrogens is 390 g/mol. The minimum absolute atomic E-state index is 0.161. The first-order valence-corrected chi connectivity index (χ1v) is 10.2. The normalized spacial score (nSPS) is 11.5. The molecular formula is C18H20BrNO3S. The lowest BCUT2D eigenvalue weighted by molar-refractivity contribution is -0.113. The molecule has 0 aliphatic heterocycles. The predicted molar refractivity (Wildman–Crippen MR) is 101 cm³/mol. The Morgan fingerprint density at radius 2 is 1.83 bits per heavy atom. The Hall–Kier alpha value is -1.66. The van der Waals surface area contributed by atoms with E-state index in [0.717, 1.165) is 10.0 Å². The third-order valence-electron chi connectivity index (χ3n) is 3.46. The Morgan fingerprint density at radius 3 is 2.50 bits per heavy atom. The van der Waals surface area contributed by atoms with E-state index in [1.807, 2.05) is 24.3 Å². The predicted octanol–water partition coefficient (Wildman–Crippen LogP) is 4.13. The second kappa shape index (κ2) is 7.94. The summed E-state index contributed by atoms with van der Waals surface area (Å²) >= 11 is 3.31. The van der Waals surface area contributed by atoms with Crippen molar-refractivity contribution in [2.45, 2.75) is 25.5 Å². The van der Waals surface area contributed by atoms with Crippen LogP contribution in [0.15, 0.2) is 53.0 Å². The maximum atomic E-state index is 12.2. The molecule has 128 valence electrons. The van der Waals surface area contributed by atoms with Crippen molar-refractivity contribution in [3.8, 4) is 0 Å². The van der Waals surface area contributed by atoms with E-state index in [1.54, 1.807) is 24.3 Å². The van der Waals surface area contributed by atoms with Crippen LogP contribution in [0.4, 0.5) is 5.69 Å². The van der Waals surface area contributed by atoms with E-state index in [4.69, 9.17) is 0 Å². The third-order valence-corrected chi connectivity index (χ3v) is 5.43. The number of anilines is 1. The lowest BCUT2D eigenvalue weighted by Crippen LogP contribution is -2.24. The minimum atomic E-state index is -3.53. The zero-order valence-corrected chi connectivity index (χ0v) is 16.0. The van der Waals surface area contributed by atoms with E-state index < -0.39 is 21.5 Å². The summed E-state index contributed by atoms with van der Waals surface area (Å²) < 4.78 is 25.2. The van der Waals surface area contributed by atoms with Crippen LogP contribution in [0.2, 0.25) is 0 Å². The van der Waals surface area contributed by atoms with Crippen molar-refractivity contribution in [2.24, 2.45) is 0 Å². The highest BCUT2D eigenvalue weighted by Crippen LogP contribution is 2.19. The van der Waals surface area contributed by atoms with E-state index in [2.05, 4.69) is 35.1 Å². The minimum Gasteiger partial charge on any atom is -0.325 e. The summed E-state index contributed by atoms with van der Waals surface area (Å²) in [7, 11) is -3.53. The quantitative estimate of drug-likeness (QED) is 0.779. The highest BCUT2D eigenvalue weighted by Gasteiger charge is 2.18. The average molecular weight is 410 g/mol.